The zero-order chi connectivity index (χ0) is 26.4. The lowest BCUT2D eigenvalue weighted by molar-refractivity contribution is -0.139. The van der Waals surface area contributed by atoms with Gasteiger partial charge in [-0.15, -0.1) is 0 Å². The van der Waals surface area contributed by atoms with Gasteiger partial charge < -0.3 is 25.5 Å². The molecule has 0 aromatic heterocycles. The maximum absolute atomic E-state index is 10.8. The Labute approximate surface area is 198 Å². The van der Waals surface area contributed by atoms with Crippen LogP contribution in [0.3, 0.4) is 0 Å². The molecule has 11 nitrogen and oxygen atoms in total. The number of carboxylic acids is 3. The Morgan fingerprint density at radius 3 is 1.30 bits per heavy atom. The van der Waals surface area contributed by atoms with Crippen molar-refractivity contribution in [2.75, 3.05) is 72.5 Å². The van der Waals surface area contributed by atoms with Crippen molar-refractivity contribution in [1.29, 1.82) is 0 Å². The standard InChI is InChI=1S/C13H26N4O4.C5H10O.C2H4O2.C2H6/c1-15-6-8-16(10-12(18)19)4-2-14-3-5-17(9-7-15)11-13(20)21;1-4(2)5(3)6;1-2(3)4;1-2/h14H,2-11H2,1H3,(H,18,19)(H,20,21);4H,1-3H3;1H3,(H,3,4);1-2H3. The Bertz CT molecular complexity index is 511. The Hall–Kier alpha value is -2.08. The van der Waals surface area contributed by atoms with Gasteiger partial charge in [-0.25, -0.2) is 0 Å². The van der Waals surface area contributed by atoms with E-state index in [1.165, 1.54) is 0 Å². The maximum atomic E-state index is 10.8. The molecule has 0 saturated carbocycles. The second-order valence-corrected chi connectivity index (χ2v) is 7.68. The van der Waals surface area contributed by atoms with E-state index in [0.29, 0.717) is 39.3 Å². The summed E-state index contributed by atoms with van der Waals surface area (Å²) < 4.78 is 0. The molecule has 1 heterocycles. The summed E-state index contributed by atoms with van der Waals surface area (Å²) in [6, 6.07) is 0. The molecule has 0 aromatic rings. The molecule has 0 aliphatic carbocycles. The lowest BCUT2D eigenvalue weighted by Gasteiger charge is -2.28. The highest BCUT2D eigenvalue weighted by molar-refractivity contribution is 5.77. The number of aliphatic carboxylic acids is 3. The molecular weight excluding hydrogens is 432 g/mol. The largest absolute Gasteiger partial charge is 0.481 e. The van der Waals surface area contributed by atoms with Crippen LogP contribution >= 0.6 is 0 Å². The van der Waals surface area contributed by atoms with E-state index < -0.39 is 17.9 Å². The molecule has 0 bridgehead atoms. The zero-order valence-electron chi connectivity index (χ0n) is 21.5. The molecule has 1 rings (SSSR count). The molecular formula is C22H46N4O7. The molecule has 0 aromatic carbocycles. The molecule has 4 N–H and O–H groups in total. The SMILES string of the molecule is CC.CC(=O)C(C)C.CC(=O)O.CN1CCN(CC(=O)O)CCNCCN(CC(=O)O)CC1. The molecule has 196 valence electrons. The lowest BCUT2D eigenvalue weighted by atomic mass is 10.1. The second-order valence-electron chi connectivity index (χ2n) is 7.68. The third kappa shape index (κ3) is 29.9. The number of hydrogen-bond donors (Lipinski definition) is 4. The fraction of sp³-hybridized carbons (Fsp3) is 0.818. The number of nitrogens with one attached hydrogen (secondary N) is 1. The lowest BCUT2D eigenvalue weighted by Crippen LogP contribution is -2.45. The molecule has 1 aliphatic heterocycles. The molecule has 0 atom stereocenters. The third-order valence-electron chi connectivity index (χ3n) is 4.34. The number of hydrogen-bond acceptors (Lipinski definition) is 8. The van der Waals surface area contributed by atoms with Crippen LogP contribution in [-0.4, -0.2) is 126 Å². The Kier molecular flexibility index (Phi) is 24.8. The number of carboxylic acid groups (broad SMARTS) is 3. The van der Waals surface area contributed by atoms with Crippen LogP contribution in [0.15, 0.2) is 0 Å². The fourth-order valence-corrected chi connectivity index (χ4v) is 2.26. The van der Waals surface area contributed by atoms with E-state index in [-0.39, 0.29) is 24.8 Å². The Morgan fingerprint density at radius 1 is 0.758 bits per heavy atom. The Morgan fingerprint density at radius 2 is 1.06 bits per heavy atom. The number of carbonyl (C=O) groups is 4. The number of ketones is 1. The van der Waals surface area contributed by atoms with Crippen LogP contribution in [0.1, 0.15) is 41.5 Å². The minimum atomic E-state index is -0.833. The average Bonchev–Trinajstić information content (AvgIpc) is 2.69. The first kappa shape index (κ1) is 35.5. The van der Waals surface area contributed by atoms with Crippen molar-refractivity contribution < 1.29 is 34.5 Å². The van der Waals surface area contributed by atoms with Crippen LogP contribution in [0.2, 0.25) is 0 Å². The van der Waals surface area contributed by atoms with Gasteiger partial charge in [0.2, 0.25) is 0 Å². The topological polar surface area (TPSA) is 151 Å². The highest BCUT2D eigenvalue weighted by atomic mass is 16.4. The van der Waals surface area contributed by atoms with Gasteiger partial charge in [-0.2, -0.15) is 0 Å². The zero-order valence-corrected chi connectivity index (χ0v) is 21.5. The summed E-state index contributed by atoms with van der Waals surface area (Å²) in [4.78, 5) is 46.8. The van der Waals surface area contributed by atoms with Gasteiger partial charge in [0.25, 0.3) is 5.97 Å². The molecule has 1 fully saturated rings. The molecule has 0 amide bonds. The first-order valence-corrected chi connectivity index (χ1v) is 11.3. The van der Waals surface area contributed by atoms with E-state index >= 15 is 0 Å². The highest BCUT2D eigenvalue weighted by Gasteiger charge is 2.14. The predicted molar refractivity (Wildman–Crippen MR) is 129 cm³/mol. The van der Waals surface area contributed by atoms with E-state index in [0.717, 1.165) is 20.0 Å². The molecule has 0 radical (unpaired) electrons. The molecule has 33 heavy (non-hydrogen) atoms. The third-order valence-corrected chi connectivity index (χ3v) is 4.34. The molecule has 1 aliphatic rings. The van der Waals surface area contributed by atoms with Crippen LogP contribution in [0, 0.1) is 5.92 Å². The summed E-state index contributed by atoms with van der Waals surface area (Å²) in [6.07, 6.45) is 0. The molecule has 1 saturated heterocycles. The van der Waals surface area contributed by atoms with Crippen molar-refractivity contribution in [3.63, 3.8) is 0 Å². The number of Topliss-reactive ketones (excluding diaryl/α,β-unsaturated/α-hetero) is 1. The van der Waals surface area contributed by atoms with Gasteiger partial charge in [-0.3, -0.25) is 29.0 Å². The van der Waals surface area contributed by atoms with Gasteiger partial charge in [0.15, 0.2) is 0 Å². The van der Waals surface area contributed by atoms with Crippen molar-refractivity contribution >= 4 is 23.7 Å². The summed E-state index contributed by atoms with van der Waals surface area (Å²) >= 11 is 0. The summed E-state index contributed by atoms with van der Waals surface area (Å²) in [6.45, 7) is 16.3. The minimum absolute atomic E-state index is 0.0562. The molecule has 0 unspecified atom stereocenters. The van der Waals surface area contributed by atoms with Crippen molar-refractivity contribution in [3.05, 3.63) is 0 Å². The number of nitrogens with zero attached hydrogens (tertiary/aromatic N) is 3. The maximum Gasteiger partial charge on any atom is 0.317 e. The van der Waals surface area contributed by atoms with E-state index in [9.17, 15) is 14.4 Å². The second kappa shape index (κ2) is 23.1. The minimum Gasteiger partial charge on any atom is -0.481 e. The van der Waals surface area contributed by atoms with Crippen LogP contribution < -0.4 is 5.32 Å². The van der Waals surface area contributed by atoms with Crippen molar-refractivity contribution in [2.24, 2.45) is 5.92 Å². The molecule has 11 heteroatoms. The fourth-order valence-electron chi connectivity index (χ4n) is 2.26. The van der Waals surface area contributed by atoms with E-state index in [1.54, 1.807) is 6.92 Å². The smallest absolute Gasteiger partial charge is 0.317 e. The Balaban J connectivity index is -0.000000621. The summed E-state index contributed by atoms with van der Waals surface area (Å²) in [5.74, 6) is -1.98. The number of rotatable bonds is 5. The van der Waals surface area contributed by atoms with Crippen LogP contribution in [-0.2, 0) is 19.2 Å². The van der Waals surface area contributed by atoms with Gasteiger partial charge in [-0.05, 0) is 14.0 Å². The summed E-state index contributed by atoms with van der Waals surface area (Å²) in [5.41, 5.74) is 0. The van der Waals surface area contributed by atoms with Gasteiger partial charge in [0, 0.05) is 65.2 Å². The first-order chi connectivity index (χ1) is 15.3. The van der Waals surface area contributed by atoms with E-state index in [4.69, 9.17) is 20.1 Å². The monoisotopic (exact) mass is 478 g/mol. The van der Waals surface area contributed by atoms with Gasteiger partial charge >= 0.3 is 11.9 Å². The van der Waals surface area contributed by atoms with Gasteiger partial charge in [0.1, 0.15) is 5.78 Å². The van der Waals surface area contributed by atoms with Gasteiger partial charge in [0.05, 0.1) is 13.1 Å². The number of carbonyl (C=O) groups excluding carboxylic acids is 1. The van der Waals surface area contributed by atoms with Crippen LogP contribution in [0.5, 0.6) is 0 Å². The van der Waals surface area contributed by atoms with Crippen LogP contribution in [0.25, 0.3) is 0 Å². The average molecular weight is 479 g/mol. The summed E-state index contributed by atoms with van der Waals surface area (Å²) in [7, 11) is 1.97. The quantitative estimate of drug-likeness (QED) is 0.441. The summed E-state index contributed by atoms with van der Waals surface area (Å²) in [5, 5.41) is 28.5. The predicted octanol–water partition coefficient (Wildman–Crippen LogP) is 0.643. The van der Waals surface area contributed by atoms with Crippen molar-refractivity contribution in [1.82, 2.24) is 20.0 Å². The number of likely N-dealkylation sites (N-methyl/N-ethyl adjacent to an activating group) is 1. The van der Waals surface area contributed by atoms with Crippen molar-refractivity contribution in [2.45, 2.75) is 41.5 Å². The first-order valence-electron chi connectivity index (χ1n) is 11.3. The van der Waals surface area contributed by atoms with Crippen molar-refractivity contribution in [3.8, 4) is 0 Å². The van der Waals surface area contributed by atoms with E-state index in [2.05, 4.69) is 10.2 Å². The van der Waals surface area contributed by atoms with E-state index in [1.807, 2.05) is 44.5 Å². The van der Waals surface area contributed by atoms with Crippen LogP contribution in [0.4, 0.5) is 0 Å². The normalized spacial score (nSPS) is 16.2. The van der Waals surface area contributed by atoms with Gasteiger partial charge in [-0.1, -0.05) is 27.7 Å². The highest BCUT2D eigenvalue weighted by Crippen LogP contribution is 1.95. The molecule has 0 spiro atoms.